The fraction of sp³-hybridized carbons (Fsp3) is 0.133. The molecule has 0 spiro atoms. The van der Waals surface area contributed by atoms with Crippen molar-refractivity contribution in [2.75, 3.05) is 14.2 Å². The molecule has 0 aromatic heterocycles. The van der Waals surface area contributed by atoms with Crippen molar-refractivity contribution in [3.05, 3.63) is 104 Å². The molecule has 0 aliphatic carbocycles. The molecule has 0 aliphatic heterocycles. The average Bonchev–Trinajstić information content (AvgIpc) is 2.93. The van der Waals surface area contributed by atoms with Gasteiger partial charge in [0.25, 0.3) is 5.91 Å². The van der Waals surface area contributed by atoms with Crippen LogP contribution in [0.1, 0.15) is 16.7 Å². The fourth-order valence-corrected chi connectivity index (χ4v) is 5.32. The molecule has 8 heteroatoms. The monoisotopic (exact) mass is 634 g/mol. The highest BCUT2D eigenvalue weighted by Gasteiger charge is 2.14. The molecule has 4 aromatic rings. The highest BCUT2D eigenvalue weighted by molar-refractivity contribution is 9.11. The molecule has 1 N–H and O–H groups in total. The normalized spacial score (nSPS) is 11.1. The van der Waals surface area contributed by atoms with Crippen molar-refractivity contribution in [2.24, 2.45) is 0 Å². The van der Waals surface area contributed by atoms with E-state index in [0.29, 0.717) is 38.4 Å². The van der Waals surface area contributed by atoms with Crippen LogP contribution in [-0.2, 0) is 17.9 Å². The van der Waals surface area contributed by atoms with Gasteiger partial charge in [-0.05, 0) is 90.2 Å². The SMILES string of the molecule is COc1ccc(CNC(=O)/C(C#N)=C/c2cc(Br)c(OCc3ccc4ccccc4c3)c(Br)c2)c(OC)c1. The quantitative estimate of drug-likeness (QED) is 0.156. The smallest absolute Gasteiger partial charge is 0.262 e. The molecule has 0 aliphatic rings. The first-order valence-corrected chi connectivity index (χ1v) is 13.2. The van der Waals surface area contributed by atoms with Crippen LogP contribution in [0.2, 0.25) is 0 Å². The molecule has 6 nitrogen and oxygen atoms in total. The molecule has 0 unspecified atom stereocenters. The molecule has 38 heavy (non-hydrogen) atoms. The highest BCUT2D eigenvalue weighted by Crippen LogP contribution is 2.36. The van der Waals surface area contributed by atoms with Crippen molar-refractivity contribution >= 4 is 54.6 Å². The summed E-state index contributed by atoms with van der Waals surface area (Å²) in [6.07, 6.45) is 1.53. The molecule has 4 rings (SSSR count). The van der Waals surface area contributed by atoms with Crippen molar-refractivity contribution < 1.29 is 19.0 Å². The van der Waals surface area contributed by atoms with E-state index in [2.05, 4.69) is 61.4 Å². The van der Waals surface area contributed by atoms with Gasteiger partial charge in [-0.1, -0.05) is 36.4 Å². The lowest BCUT2D eigenvalue weighted by molar-refractivity contribution is -0.117. The fourth-order valence-electron chi connectivity index (χ4n) is 3.87. The molecule has 1 amide bonds. The first-order valence-electron chi connectivity index (χ1n) is 11.6. The number of nitrogens with one attached hydrogen (secondary N) is 1. The number of fused-ring (bicyclic) bond motifs is 1. The van der Waals surface area contributed by atoms with Crippen LogP contribution in [-0.4, -0.2) is 20.1 Å². The van der Waals surface area contributed by atoms with E-state index in [1.807, 2.05) is 24.3 Å². The number of hydrogen-bond donors (Lipinski definition) is 1. The van der Waals surface area contributed by atoms with E-state index in [9.17, 15) is 10.1 Å². The second kappa shape index (κ2) is 12.6. The summed E-state index contributed by atoms with van der Waals surface area (Å²) in [5.74, 6) is 1.37. The number of nitrogens with zero attached hydrogens (tertiary/aromatic N) is 1. The summed E-state index contributed by atoms with van der Waals surface area (Å²) in [6.45, 7) is 0.581. The second-order valence-electron chi connectivity index (χ2n) is 8.31. The number of hydrogen-bond acceptors (Lipinski definition) is 5. The van der Waals surface area contributed by atoms with Crippen LogP contribution in [0.4, 0.5) is 0 Å². The van der Waals surface area contributed by atoms with Gasteiger partial charge >= 0.3 is 0 Å². The van der Waals surface area contributed by atoms with E-state index in [4.69, 9.17) is 14.2 Å². The number of carbonyl (C=O) groups excluding carboxylic acids is 1. The predicted molar refractivity (Wildman–Crippen MR) is 155 cm³/mol. The van der Waals surface area contributed by atoms with Gasteiger partial charge in [-0.15, -0.1) is 0 Å². The standard InChI is InChI=1S/C30H24Br2N2O4/c1-36-25-10-9-23(28(15-25)37-2)17-34-30(35)24(16-33)12-20-13-26(31)29(27(32)14-20)38-18-19-7-8-21-5-3-4-6-22(21)11-19/h3-15H,17-18H2,1-2H3,(H,34,35)/b24-12+. The zero-order valence-electron chi connectivity index (χ0n) is 20.8. The van der Waals surface area contributed by atoms with Gasteiger partial charge in [-0.3, -0.25) is 4.79 Å². The Bertz CT molecular complexity index is 1540. The Kier molecular flexibility index (Phi) is 9.06. The summed E-state index contributed by atoms with van der Waals surface area (Å²) >= 11 is 7.11. The van der Waals surface area contributed by atoms with Gasteiger partial charge in [-0.2, -0.15) is 5.26 Å². The predicted octanol–water partition coefficient (Wildman–Crippen LogP) is 7.18. The summed E-state index contributed by atoms with van der Waals surface area (Å²) in [5, 5.41) is 14.7. The third kappa shape index (κ3) is 6.55. The van der Waals surface area contributed by atoms with Gasteiger partial charge in [0, 0.05) is 18.2 Å². The number of benzene rings is 4. The van der Waals surface area contributed by atoms with Crippen molar-refractivity contribution in [1.29, 1.82) is 5.26 Å². The minimum absolute atomic E-state index is 0.0267. The van der Waals surface area contributed by atoms with E-state index in [1.165, 1.54) is 11.5 Å². The number of carbonyl (C=O) groups is 1. The van der Waals surface area contributed by atoms with E-state index in [-0.39, 0.29) is 12.1 Å². The van der Waals surface area contributed by atoms with Gasteiger partial charge < -0.3 is 19.5 Å². The van der Waals surface area contributed by atoms with Crippen LogP contribution in [0.15, 0.2) is 87.3 Å². The summed E-state index contributed by atoms with van der Waals surface area (Å²) in [4.78, 5) is 12.7. The van der Waals surface area contributed by atoms with Crippen LogP contribution >= 0.6 is 31.9 Å². The van der Waals surface area contributed by atoms with Crippen molar-refractivity contribution in [2.45, 2.75) is 13.2 Å². The maximum absolute atomic E-state index is 12.7. The van der Waals surface area contributed by atoms with E-state index in [1.54, 1.807) is 44.6 Å². The Labute approximate surface area is 238 Å². The van der Waals surface area contributed by atoms with E-state index >= 15 is 0 Å². The Morgan fingerprint density at radius 2 is 1.68 bits per heavy atom. The molecule has 0 saturated heterocycles. The maximum atomic E-state index is 12.7. The lowest BCUT2D eigenvalue weighted by Crippen LogP contribution is -2.24. The maximum Gasteiger partial charge on any atom is 0.262 e. The molecule has 0 fully saturated rings. The lowest BCUT2D eigenvalue weighted by Gasteiger charge is -2.13. The van der Waals surface area contributed by atoms with Crippen LogP contribution in [0.3, 0.4) is 0 Å². The molecule has 0 saturated carbocycles. The molecule has 0 bridgehead atoms. The summed E-state index contributed by atoms with van der Waals surface area (Å²) in [5.41, 5.74) is 2.44. The van der Waals surface area contributed by atoms with Crippen molar-refractivity contribution in [3.8, 4) is 23.3 Å². The van der Waals surface area contributed by atoms with Gasteiger partial charge in [0.15, 0.2) is 0 Å². The second-order valence-corrected chi connectivity index (χ2v) is 10.0. The third-order valence-corrected chi connectivity index (χ3v) is 7.01. The minimum atomic E-state index is -0.491. The zero-order chi connectivity index (χ0) is 27.1. The molecule has 192 valence electrons. The van der Waals surface area contributed by atoms with Gasteiger partial charge in [0.1, 0.15) is 35.5 Å². The molecule has 4 aromatic carbocycles. The Hall–Kier alpha value is -3.80. The molecular weight excluding hydrogens is 612 g/mol. The van der Waals surface area contributed by atoms with Crippen LogP contribution in [0, 0.1) is 11.3 Å². The van der Waals surface area contributed by atoms with Crippen molar-refractivity contribution in [1.82, 2.24) is 5.32 Å². The van der Waals surface area contributed by atoms with Crippen LogP contribution in [0.25, 0.3) is 16.8 Å². The first kappa shape index (κ1) is 27.2. The van der Waals surface area contributed by atoms with Crippen LogP contribution < -0.4 is 19.5 Å². The Morgan fingerprint density at radius 3 is 2.37 bits per heavy atom. The largest absolute Gasteiger partial charge is 0.497 e. The molecular formula is C30H24Br2N2O4. The first-order chi connectivity index (χ1) is 18.4. The highest BCUT2D eigenvalue weighted by atomic mass is 79.9. The summed E-state index contributed by atoms with van der Waals surface area (Å²) in [7, 11) is 3.12. The Morgan fingerprint density at radius 1 is 0.947 bits per heavy atom. The number of halogens is 2. The number of rotatable bonds is 9. The number of methoxy groups -OCH3 is 2. The van der Waals surface area contributed by atoms with Gasteiger partial charge in [0.2, 0.25) is 0 Å². The molecule has 0 radical (unpaired) electrons. The van der Waals surface area contributed by atoms with Gasteiger partial charge in [0.05, 0.1) is 23.2 Å². The van der Waals surface area contributed by atoms with E-state index in [0.717, 1.165) is 16.5 Å². The summed E-state index contributed by atoms with van der Waals surface area (Å²) in [6, 6.07) is 25.3. The minimum Gasteiger partial charge on any atom is -0.497 e. The third-order valence-electron chi connectivity index (χ3n) is 5.83. The lowest BCUT2D eigenvalue weighted by atomic mass is 10.1. The number of ether oxygens (including phenoxy) is 3. The summed E-state index contributed by atoms with van der Waals surface area (Å²) < 4.78 is 18.0. The van der Waals surface area contributed by atoms with Crippen LogP contribution in [0.5, 0.6) is 17.2 Å². The number of nitriles is 1. The van der Waals surface area contributed by atoms with Crippen molar-refractivity contribution in [3.63, 3.8) is 0 Å². The topological polar surface area (TPSA) is 80.6 Å². The number of amides is 1. The zero-order valence-corrected chi connectivity index (χ0v) is 23.9. The molecule has 0 heterocycles. The molecule has 0 atom stereocenters. The van der Waals surface area contributed by atoms with Gasteiger partial charge in [-0.25, -0.2) is 0 Å². The average molecular weight is 636 g/mol. The Balaban J connectivity index is 1.45. The van der Waals surface area contributed by atoms with E-state index < -0.39 is 5.91 Å².